The van der Waals surface area contributed by atoms with Crippen molar-refractivity contribution in [3.63, 3.8) is 0 Å². The predicted octanol–water partition coefficient (Wildman–Crippen LogP) is 3.72. The lowest BCUT2D eigenvalue weighted by atomic mass is 9.90. The molecule has 0 saturated carbocycles. The average molecular weight is 252 g/mol. The fourth-order valence-electron chi connectivity index (χ4n) is 1.19. The fraction of sp³-hybridized carbons (Fsp3) is 0.750. The van der Waals surface area contributed by atoms with Crippen LogP contribution in [0.4, 0.5) is 13.2 Å². The number of ether oxygens (including phenoxy) is 1. The zero-order valence-corrected chi connectivity index (χ0v) is 10.8. The average Bonchev–Trinajstić information content (AvgIpc) is 2.16. The van der Waals surface area contributed by atoms with Crippen LogP contribution in [0.25, 0.3) is 0 Å². The molecule has 0 aromatic carbocycles. The van der Waals surface area contributed by atoms with Crippen molar-refractivity contribution in [1.29, 1.82) is 0 Å². The zero-order chi connectivity index (χ0) is 14.0. The number of hydrogen-bond acceptors (Lipinski definition) is 2. The maximum atomic E-state index is 14.3. The van der Waals surface area contributed by atoms with Crippen LogP contribution < -0.4 is 0 Å². The zero-order valence-electron chi connectivity index (χ0n) is 10.8. The van der Waals surface area contributed by atoms with Crippen LogP contribution in [0.15, 0.2) is 12.2 Å². The van der Waals surface area contributed by atoms with Gasteiger partial charge in [-0.25, -0.2) is 4.79 Å². The van der Waals surface area contributed by atoms with Crippen molar-refractivity contribution in [2.24, 2.45) is 11.8 Å². The molecule has 0 aliphatic rings. The molecule has 0 saturated heterocycles. The summed E-state index contributed by atoms with van der Waals surface area (Å²) in [6, 6.07) is 0. The Kier molecular flexibility index (Phi) is 4.80. The Balaban J connectivity index is 5.33. The highest BCUT2D eigenvalue weighted by atomic mass is 19.3. The molecule has 0 heterocycles. The molecule has 0 aliphatic carbocycles. The molecule has 0 bridgehead atoms. The monoisotopic (exact) mass is 252 g/mol. The molecule has 1 atom stereocenters. The van der Waals surface area contributed by atoms with E-state index in [9.17, 15) is 18.0 Å². The van der Waals surface area contributed by atoms with Crippen LogP contribution in [0.3, 0.4) is 0 Å². The molecular weight excluding hydrogens is 233 g/mol. The number of esters is 1. The largest absolute Gasteiger partial charge is 0.418 e. The van der Waals surface area contributed by atoms with Crippen LogP contribution in [0, 0.1) is 11.8 Å². The number of halogens is 3. The third kappa shape index (κ3) is 3.01. The molecular formula is C12H19F3O2. The molecule has 2 nitrogen and oxygen atoms in total. The molecule has 17 heavy (non-hydrogen) atoms. The predicted molar refractivity (Wildman–Crippen MR) is 59.4 cm³/mol. The second kappa shape index (κ2) is 5.10. The van der Waals surface area contributed by atoms with Crippen molar-refractivity contribution in [2.45, 2.75) is 46.4 Å². The normalized spacial score (nSPS) is 15.9. The Morgan fingerprint density at radius 2 is 1.53 bits per heavy atom. The van der Waals surface area contributed by atoms with Gasteiger partial charge in [-0.1, -0.05) is 34.3 Å². The number of rotatable bonds is 5. The lowest BCUT2D eigenvalue weighted by molar-refractivity contribution is -0.297. The Labute approximate surface area is 99.8 Å². The maximum Gasteiger partial charge on any atom is 0.336 e. The van der Waals surface area contributed by atoms with Crippen LogP contribution in [0.1, 0.15) is 34.6 Å². The fourth-order valence-corrected chi connectivity index (χ4v) is 1.19. The Bertz CT molecular complexity index is 311. The highest BCUT2D eigenvalue weighted by molar-refractivity contribution is 5.87. The molecule has 0 fully saturated rings. The van der Waals surface area contributed by atoms with Crippen LogP contribution in [0.2, 0.25) is 0 Å². The van der Waals surface area contributed by atoms with E-state index in [-0.39, 0.29) is 5.57 Å². The van der Waals surface area contributed by atoms with Crippen LogP contribution in [-0.2, 0) is 9.53 Å². The molecule has 0 aromatic heterocycles. The summed E-state index contributed by atoms with van der Waals surface area (Å²) in [5.74, 6) is -10.7. The minimum atomic E-state index is -3.76. The van der Waals surface area contributed by atoms with E-state index in [0.29, 0.717) is 0 Å². The van der Waals surface area contributed by atoms with E-state index in [1.165, 1.54) is 34.6 Å². The first-order valence-electron chi connectivity index (χ1n) is 5.42. The van der Waals surface area contributed by atoms with Gasteiger partial charge in [0.25, 0.3) is 0 Å². The molecule has 0 amide bonds. The summed E-state index contributed by atoms with van der Waals surface area (Å²) in [7, 11) is 0. The number of hydrogen-bond donors (Lipinski definition) is 0. The van der Waals surface area contributed by atoms with E-state index in [1.54, 1.807) is 0 Å². The first kappa shape index (κ1) is 16.0. The summed E-state index contributed by atoms with van der Waals surface area (Å²) in [5.41, 5.74) is -0.118. The minimum absolute atomic E-state index is 0.118. The van der Waals surface area contributed by atoms with Crippen LogP contribution in [0.5, 0.6) is 0 Å². The van der Waals surface area contributed by atoms with Crippen LogP contribution >= 0.6 is 0 Å². The Morgan fingerprint density at radius 1 is 1.12 bits per heavy atom. The van der Waals surface area contributed by atoms with Gasteiger partial charge in [0, 0.05) is 17.4 Å². The highest BCUT2D eigenvalue weighted by Gasteiger charge is 2.61. The molecule has 100 valence electrons. The topological polar surface area (TPSA) is 26.3 Å². The quantitative estimate of drug-likeness (QED) is 0.550. The summed E-state index contributed by atoms with van der Waals surface area (Å²) >= 11 is 0. The van der Waals surface area contributed by atoms with Gasteiger partial charge in [-0.3, -0.25) is 0 Å². The van der Waals surface area contributed by atoms with Gasteiger partial charge in [0.2, 0.25) is 0 Å². The van der Waals surface area contributed by atoms with Crippen LogP contribution in [-0.4, -0.2) is 17.7 Å². The second-order valence-electron chi connectivity index (χ2n) is 4.75. The first-order valence-corrected chi connectivity index (χ1v) is 5.42. The lowest BCUT2D eigenvalue weighted by Gasteiger charge is -2.37. The van der Waals surface area contributed by atoms with Crippen molar-refractivity contribution in [1.82, 2.24) is 0 Å². The van der Waals surface area contributed by atoms with E-state index in [0.717, 1.165) is 0 Å². The second-order valence-corrected chi connectivity index (χ2v) is 4.75. The van der Waals surface area contributed by atoms with Gasteiger partial charge in [-0.15, -0.1) is 0 Å². The molecule has 0 aliphatic heterocycles. The highest BCUT2D eigenvalue weighted by Crippen LogP contribution is 2.44. The number of carbonyl (C=O) groups excluding carboxylic acids is 1. The van der Waals surface area contributed by atoms with Crippen molar-refractivity contribution in [3.05, 3.63) is 12.2 Å². The molecule has 0 aromatic rings. The lowest BCUT2D eigenvalue weighted by Crippen LogP contribution is -2.54. The first-order chi connectivity index (χ1) is 7.46. The van der Waals surface area contributed by atoms with Gasteiger partial charge in [-0.05, 0) is 6.92 Å². The van der Waals surface area contributed by atoms with Crippen molar-refractivity contribution in [2.75, 3.05) is 0 Å². The van der Waals surface area contributed by atoms with E-state index in [4.69, 9.17) is 0 Å². The summed E-state index contributed by atoms with van der Waals surface area (Å²) in [6.45, 7) is 9.33. The van der Waals surface area contributed by atoms with Gasteiger partial charge >= 0.3 is 17.7 Å². The summed E-state index contributed by atoms with van der Waals surface area (Å²) in [6.07, 6.45) is 0. The van der Waals surface area contributed by atoms with Crippen molar-refractivity contribution >= 4 is 5.97 Å². The molecule has 1 unspecified atom stereocenters. The number of alkyl halides is 3. The summed E-state index contributed by atoms with van der Waals surface area (Å²) in [4.78, 5) is 11.2. The van der Waals surface area contributed by atoms with E-state index < -0.39 is 29.6 Å². The maximum absolute atomic E-state index is 14.3. The number of carbonyl (C=O) groups is 1. The SMILES string of the molecule is C=C(C)C(=O)OC(F)(C(C)C)C(F)(F)C(C)C. The van der Waals surface area contributed by atoms with Gasteiger partial charge in [0.05, 0.1) is 0 Å². The third-order valence-electron chi connectivity index (χ3n) is 2.51. The molecule has 0 radical (unpaired) electrons. The van der Waals surface area contributed by atoms with Crippen molar-refractivity contribution < 1.29 is 22.7 Å². The molecule has 0 spiro atoms. The van der Waals surface area contributed by atoms with Gasteiger partial charge < -0.3 is 4.74 Å². The minimum Gasteiger partial charge on any atom is -0.418 e. The Hall–Kier alpha value is -1.00. The summed E-state index contributed by atoms with van der Waals surface area (Å²) < 4.78 is 46.2. The van der Waals surface area contributed by atoms with E-state index in [2.05, 4.69) is 11.3 Å². The van der Waals surface area contributed by atoms with Gasteiger partial charge in [-0.2, -0.15) is 13.2 Å². The van der Waals surface area contributed by atoms with Gasteiger partial charge in [0.1, 0.15) is 0 Å². The van der Waals surface area contributed by atoms with E-state index in [1.807, 2.05) is 0 Å². The smallest absolute Gasteiger partial charge is 0.336 e. The Morgan fingerprint density at radius 3 is 1.76 bits per heavy atom. The molecule has 0 N–H and O–H groups in total. The van der Waals surface area contributed by atoms with E-state index >= 15 is 0 Å². The van der Waals surface area contributed by atoms with Gasteiger partial charge in [0.15, 0.2) is 0 Å². The standard InChI is InChI=1S/C12H19F3O2/c1-7(2)10(16)17-12(15,9(5)6)11(13,14)8(3)4/h8-9H,1H2,2-6H3. The third-order valence-corrected chi connectivity index (χ3v) is 2.51. The molecule has 5 heteroatoms. The summed E-state index contributed by atoms with van der Waals surface area (Å²) in [5, 5.41) is 0. The van der Waals surface area contributed by atoms with Crippen molar-refractivity contribution in [3.8, 4) is 0 Å². The molecule has 0 rings (SSSR count).